The van der Waals surface area contributed by atoms with Gasteiger partial charge < -0.3 is 10.4 Å². The van der Waals surface area contributed by atoms with Crippen LogP contribution in [0.15, 0.2) is 0 Å². The van der Waals surface area contributed by atoms with Crippen LogP contribution in [0.4, 0.5) is 0 Å². The molecule has 0 amide bonds. The number of aromatic nitrogens is 3. The van der Waals surface area contributed by atoms with Crippen LogP contribution >= 0.6 is 0 Å². The highest BCUT2D eigenvalue weighted by Gasteiger charge is 2.31. The maximum absolute atomic E-state index is 11.2. The molecular formula is C12H22N4O2. The summed E-state index contributed by atoms with van der Waals surface area (Å²) in [7, 11) is 0. The highest BCUT2D eigenvalue weighted by Crippen LogP contribution is 2.13. The van der Waals surface area contributed by atoms with Gasteiger partial charge in [-0.2, -0.15) is 5.10 Å². The molecule has 0 fully saturated rings. The van der Waals surface area contributed by atoms with Gasteiger partial charge in [0.15, 0.2) is 0 Å². The van der Waals surface area contributed by atoms with Crippen molar-refractivity contribution in [2.75, 3.05) is 6.54 Å². The smallest absolute Gasteiger partial charge is 0.323 e. The Morgan fingerprint density at radius 3 is 2.61 bits per heavy atom. The van der Waals surface area contributed by atoms with Crippen LogP contribution < -0.4 is 5.32 Å². The second-order valence-corrected chi connectivity index (χ2v) is 4.70. The van der Waals surface area contributed by atoms with E-state index in [0.717, 1.165) is 18.1 Å². The van der Waals surface area contributed by atoms with E-state index < -0.39 is 11.5 Å². The fourth-order valence-corrected chi connectivity index (χ4v) is 2.02. The molecule has 6 nitrogen and oxygen atoms in total. The van der Waals surface area contributed by atoms with Crippen LogP contribution in [0.5, 0.6) is 0 Å². The largest absolute Gasteiger partial charge is 0.480 e. The Hall–Kier alpha value is -1.43. The number of carboxylic acids is 1. The second-order valence-electron chi connectivity index (χ2n) is 4.70. The number of nitrogens with zero attached hydrogens (tertiary/aromatic N) is 3. The maximum Gasteiger partial charge on any atom is 0.323 e. The minimum atomic E-state index is -0.863. The van der Waals surface area contributed by atoms with E-state index in [1.165, 1.54) is 0 Å². The summed E-state index contributed by atoms with van der Waals surface area (Å²) in [4.78, 5) is 15.4. The summed E-state index contributed by atoms with van der Waals surface area (Å²) >= 11 is 0. The number of aryl methyl sites for hydroxylation is 3. The first kappa shape index (κ1) is 14.6. The van der Waals surface area contributed by atoms with Crippen LogP contribution in [-0.2, 0) is 11.3 Å². The van der Waals surface area contributed by atoms with Crippen LogP contribution in [0.25, 0.3) is 0 Å². The molecule has 0 spiro atoms. The van der Waals surface area contributed by atoms with Crippen molar-refractivity contribution < 1.29 is 9.90 Å². The molecule has 6 heteroatoms. The first-order valence-corrected chi connectivity index (χ1v) is 6.25. The third kappa shape index (κ3) is 3.53. The molecule has 1 rings (SSSR count). The summed E-state index contributed by atoms with van der Waals surface area (Å²) in [5.41, 5.74) is -0.863. The SMILES string of the molecule is CCNC(C)(CCCn1nc(C)nc1C)C(=O)O. The van der Waals surface area contributed by atoms with Crippen molar-refractivity contribution in [3.8, 4) is 0 Å². The molecular weight excluding hydrogens is 232 g/mol. The van der Waals surface area contributed by atoms with Gasteiger partial charge in [-0.1, -0.05) is 6.92 Å². The monoisotopic (exact) mass is 254 g/mol. The summed E-state index contributed by atoms with van der Waals surface area (Å²) in [5.74, 6) is 0.809. The standard InChI is InChI=1S/C12H22N4O2/c1-5-13-12(4,11(17)18)7-6-8-16-10(3)14-9(2)15-16/h13H,5-8H2,1-4H3,(H,17,18). The topological polar surface area (TPSA) is 80.0 Å². The lowest BCUT2D eigenvalue weighted by molar-refractivity contribution is -0.144. The molecule has 0 bridgehead atoms. The minimum absolute atomic E-state index is 0.564. The molecule has 1 unspecified atom stereocenters. The first-order valence-electron chi connectivity index (χ1n) is 6.25. The average Bonchev–Trinajstić information content (AvgIpc) is 2.57. The molecule has 0 aromatic carbocycles. The summed E-state index contributed by atoms with van der Waals surface area (Å²) in [6, 6.07) is 0. The predicted molar refractivity (Wildman–Crippen MR) is 68.4 cm³/mol. The molecule has 0 saturated heterocycles. The van der Waals surface area contributed by atoms with E-state index >= 15 is 0 Å². The van der Waals surface area contributed by atoms with Gasteiger partial charge in [0.2, 0.25) is 0 Å². The molecule has 1 atom stereocenters. The van der Waals surface area contributed by atoms with Crippen LogP contribution in [0.2, 0.25) is 0 Å². The Kier molecular flexibility index (Phi) is 4.84. The third-order valence-corrected chi connectivity index (χ3v) is 3.05. The lowest BCUT2D eigenvalue weighted by atomic mass is 9.96. The number of likely N-dealkylation sites (N-methyl/N-ethyl adjacent to an activating group) is 1. The number of rotatable bonds is 7. The Morgan fingerprint density at radius 2 is 2.17 bits per heavy atom. The van der Waals surface area contributed by atoms with Crippen LogP contribution in [0.1, 0.15) is 38.3 Å². The molecule has 0 aliphatic heterocycles. The molecule has 0 saturated carbocycles. The lowest BCUT2D eigenvalue weighted by Gasteiger charge is -2.25. The van der Waals surface area contributed by atoms with E-state index in [2.05, 4.69) is 15.4 Å². The fraction of sp³-hybridized carbons (Fsp3) is 0.750. The lowest BCUT2D eigenvalue weighted by Crippen LogP contribution is -2.49. The average molecular weight is 254 g/mol. The van der Waals surface area contributed by atoms with Gasteiger partial charge in [0.1, 0.15) is 17.2 Å². The number of aliphatic carboxylic acids is 1. The van der Waals surface area contributed by atoms with E-state index in [1.54, 1.807) is 6.92 Å². The number of nitrogens with one attached hydrogen (secondary N) is 1. The van der Waals surface area contributed by atoms with Crippen LogP contribution in [0, 0.1) is 13.8 Å². The predicted octanol–water partition coefficient (Wildman–Crippen LogP) is 1.13. The Labute approximate surface area is 107 Å². The molecule has 18 heavy (non-hydrogen) atoms. The zero-order valence-electron chi connectivity index (χ0n) is 11.5. The van der Waals surface area contributed by atoms with Gasteiger partial charge in [0.25, 0.3) is 0 Å². The van der Waals surface area contributed by atoms with Gasteiger partial charge in [0, 0.05) is 6.54 Å². The zero-order valence-corrected chi connectivity index (χ0v) is 11.5. The van der Waals surface area contributed by atoms with Crippen molar-refractivity contribution >= 4 is 5.97 Å². The quantitative estimate of drug-likeness (QED) is 0.762. The van der Waals surface area contributed by atoms with E-state index in [-0.39, 0.29) is 0 Å². The summed E-state index contributed by atoms with van der Waals surface area (Å²) in [5, 5.41) is 16.5. The van der Waals surface area contributed by atoms with E-state index in [9.17, 15) is 9.90 Å². The Morgan fingerprint density at radius 1 is 1.50 bits per heavy atom. The Balaban J connectivity index is 2.54. The van der Waals surface area contributed by atoms with Gasteiger partial charge >= 0.3 is 5.97 Å². The van der Waals surface area contributed by atoms with Gasteiger partial charge in [-0.3, -0.25) is 9.48 Å². The van der Waals surface area contributed by atoms with Gasteiger partial charge in [-0.05, 0) is 40.2 Å². The third-order valence-electron chi connectivity index (χ3n) is 3.05. The maximum atomic E-state index is 11.2. The van der Waals surface area contributed by atoms with E-state index in [1.807, 2.05) is 25.5 Å². The summed E-state index contributed by atoms with van der Waals surface area (Å²) < 4.78 is 1.82. The first-order chi connectivity index (χ1) is 8.39. The van der Waals surface area contributed by atoms with Crippen molar-refractivity contribution in [1.82, 2.24) is 20.1 Å². The second kappa shape index (κ2) is 5.95. The highest BCUT2D eigenvalue weighted by molar-refractivity contribution is 5.78. The van der Waals surface area contributed by atoms with Crippen molar-refractivity contribution in [2.45, 2.75) is 52.6 Å². The molecule has 0 aliphatic carbocycles. The molecule has 1 heterocycles. The Bertz CT molecular complexity index is 416. The summed E-state index contributed by atoms with van der Waals surface area (Å²) in [6.07, 6.45) is 1.31. The van der Waals surface area contributed by atoms with Gasteiger partial charge in [0.05, 0.1) is 0 Å². The fourth-order valence-electron chi connectivity index (χ4n) is 2.02. The zero-order chi connectivity index (χ0) is 13.8. The van der Waals surface area contributed by atoms with E-state index in [0.29, 0.717) is 19.5 Å². The number of carbonyl (C=O) groups is 1. The molecule has 1 aromatic rings. The number of hydrogen-bond acceptors (Lipinski definition) is 4. The molecule has 1 aromatic heterocycles. The van der Waals surface area contributed by atoms with Crippen molar-refractivity contribution in [3.05, 3.63) is 11.6 Å². The summed E-state index contributed by atoms with van der Waals surface area (Å²) in [6.45, 7) is 8.72. The van der Waals surface area contributed by atoms with Crippen molar-refractivity contribution in [3.63, 3.8) is 0 Å². The van der Waals surface area contributed by atoms with Crippen molar-refractivity contribution in [2.24, 2.45) is 0 Å². The minimum Gasteiger partial charge on any atom is -0.480 e. The number of carboxylic acid groups (broad SMARTS) is 1. The highest BCUT2D eigenvalue weighted by atomic mass is 16.4. The molecule has 102 valence electrons. The number of hydrogen-bond donors (Lipinski definition) is 2. The molecule has 0 radical (unpaired) electrons. The normalized spacial score (nSPS) is 14.4. The van der Waals surface area contributed by atoms with Crippen LogP contribution in [-0.4, -0.2) is 37.9 Å². The molecule has 0 aliphatic rings. The van der Waals surface area contributed by atoms with Crippen LogP contribution in [0.3, 0.4) is 0 Å². The molecule has 2 N–H and O–H groups in total. The van der Waals surface area contributed by atoms with Gasteiger partial charge in [-0.15, -0.1) is 0 Å². The van der Waals surface area contributed by atoms with Gasteiger partial charge in [-0.25, -0.2) is 4.98 Å². The van der Waals surface area contributed by atoms with Crippen molar-refractivity contribution in [1.29, 1.82) is 0 Å². The van der Waals surface area contributed by atoms with E-state index in [4.69, 9.17) is 0 Å².